The van der Waals surface area contributed by atoms with Crippen LogP contribution in [0.5, 0.6) is 0 Å². The molecule has 1 rings (SSSR count). The van der Waals surface area contributed by atoms with Gasteiger partial charge in [0.25, 0.3) is 0 Å². The molecule has 1 fully saturated rings. The van der Waals surface area contributed by atoms with Gasteiger partial charge >= 0.3 is 0 Å². The van der Waals surface area contributed by atoms with Crippen molar-refractivity contribution in [3.05, 3.63) is 0 Å². The molecule has 0 bridgehead atoms. The standard InChI is InChI=1S/C14H29NO2S/c1-5-12(4)8-14(9-15-11(2)3)13-6-7-18(16,17)10-13/h11-15H,5-10H2,1-4H3. The summed E-state index contributed by atoms with van der Waals surface area (Å²) in [5.41, 5.74) is 0. The minimum atomic E-state index is -2.75. The Balaban J connectivity index is 2.59. The highest BCUT2D eigenvalue weighted by atomic mass is 32.2. The molecule has 0 spiro atoms. The van der Waals surface area contributed by atoms with Gasteiger partial charge in [-0.25, -0.2) is 8.42 Å². The van der Waals surface area contributed by atoms with Crippen LogP contribution in [0.25, 0.3) is 0 Å². The van der Waals surface area contributed by atoms with Crippen molar-refractivity contribution in [1.82, 2.24) is 5.32 Å². The lowest BCUT2D eigenvalue weighted by Crippen LogP contribution is -2.34. The van der Waals surface area contributed by atoms with E-state index in [1.807, 2.05) is 0 Å². The van der Waals surface area contributed by atoms with Crippen LogP contribution >= 0.6 is 0 Å². The Morgan fingerprint density at radius 3 is 2.39 bits per heavy atom. The van der Waals surface area contributed by atoms with E-state index in [0.717, 1.165) is 19.4 Å². The first-order valence-corrected chi connectivity index (χ1v) is 9.10. The number of rotatable bonds is 7. The molecule has 0 aromatic carbocycles. The van der Waals surface area contributed by atoms with Crippen LogP contribution < -0.4 is 5.32 Å². The first kappa shape index (κ1) is 16.0. The van der Waals surface area contributed by atoms with Crippen molar-refractivity contribution in [1.29, 1.82) is 0 Å². The van der Waals surface area contributed by atoms with Crippen LogP contribution in [0.3, 0.4) is 0 Å². The Bertz CT molecular complexity index is 338. The van der Waals surface area contributed by atoms with Gasteiger partial charge in [0, 0.05) is 6.04 Å². The van der Waals surface area contributed by atoms with Crippen molar-refractivity contribution in [3.63, 3.8) is 0 Å². The number of sulfone groups is 1. The van der Waals surface area contributed by atoms with Crippen LogP contribution in [0.1, 0.15) is 47.0 Å². The predicted octanol–water partition coefficient (Wildman–Crippen LogP) is 2.47. The predicted molar refractivity (Wildman–Crippen MR) is 77.5 cm³/mol. The molecule has 3 atom stereocenters. The molecule has 0 saturated carbocycles. The quantitative estimate of drug-likeness (QED) is 0.776. The van der Waals surface area contributed by atoms with Gasteiger partial charge in [0.15, 0.2) is 9.84 Å². The van der Waals surface area contributed by atoms with Gasteiger partial charge in [0.1, 0.15) is 0 Å². The molecule has 4 heteroatoms. The normalized spacial score (nSPS) is 26.4. The summed E-state index contributed by atoms with van der Waals surface area (Å²) in [6.45, 7) is 9.73. The van der Waals surface area contributed by atoms with E-state index in [4.69, 9.17) is 0 Å². The van der Waals surface area contributed by atoms with Crippen molar-refractivity contribution in [2.75, 3.05) is 18.1 Å². The Kier molecular flexibility index (Phi) is 6.12. The van der Waals surface area contributed by atoms with Crippen LogP contribution in [-0.2, 0) is 9.84 Å². The zero-order valence-electron chi connectivity index (χ0n) is 12.3. The molecule has 108 valence electrons. The summed E-state index contributed by atoms with van der Waals surface area (Å²) in [7, 11) is -2.75. The number of hydrogen-bond donors (Lipinski definition) is 1. The molecule has 1 heterocycles. The summed E-state index contributed by atoms with van der Waals surface area (Å²) in [5.74, 6) is 2.38. The van der Waals surface area contributed by atoms with Crippen LogP contribution in [0.4, 0.5) is 0 Å². The lowest BCUT2D eigenvalue weighted by molar-refractivity contribution is 0.274. The Labute approximate surface area is 113 Å². The fourth-order valence-corrected chi connectivity index (χ4v) is 4.63. The van der Waals surface area contributed by atoms with Crippen molar-refractivity contribution < 1.29 is 8.42 Å². The van der Waals surface area contributed by atoms with Gasteiger partial charge in [-0.2, -0.15) is 0 Å². The molecule has 0 aromatic heterocycles. The Morgan fingerprint density at radius 2 is 1.94 bits per heavy atom. The van der Waals surface area contributed by atoms with Gasteiger partial charge < -0.3 is 5.32 Å². The molecule has 0 aliphatic carbocycles. The second-order valence-corrected chi connectivity index (χ2v) is 8.46. The molecular weight excluding hydrogens is 246 g/mol. The monoisotopic (exact) mass is 275 g/mol. The Hall–Kier alpha value is -0.0900. The topological polar surface area (TPSA) is 46.2 Å². The molecule has 3 nitrogen and oxygen atoms in total. The van der Waals surface area contributed by atoms with Crippen LogP contribution in [-0.4, -0.2) is 32.5 Å². The maximum absolute atomic E-state index is 11.6. The highest BCUT2D eigenvalue weighted by Gasteiger charge is 2.33. The molecule has 18 heavy (non-hydrogen) atoms. The van der Waals surface area contributed by atoms with Gasteiger partial charge in [-0.1, -0.05) is 34.1 Å². The lowest BCUT2D eigenvalue weighted by atomic mass is 9.83. The summed E-state index contributed by atoms with van der Waals surface area (Å²) in [6.07, 6.45) is 3.19. The van der Waals surface area contributed by atoms with Crippen LogP contribution in [0.15, 0.2) is 0 Å². The van der Waals surface area contributed by atoms with E-state index in [2.05, 4.69) is 33.0 Å². The summed E-state index contributed by atoms with van der Waals surface area (Å²) < 4.78 is 23.2. The molecule has 3 unspecified atom stereocenters. The summed E-state index contributed by atoms with van der Waals surface area (Å²) in [5, 5.41) is 3.48. The maximum Gasteiger partial charge on any atom is 0.150 e. The molecule has 0 amide bonds. The van der Waals surface area contributed by atoms with Gasteiger partial charge in [-0.05, 0) is 37.1 Å². The Morgan fingerprint density at radius 1 is 1.28 bits per heavy atom. The van der Waals surface area contributed by atoms with Crippen molar-refractivity contribution in [2.24, 2.45) is 17.8 Å². The molecule has 1 aliphatic rings. The third kappa shape index (κ3) is 5.27. The second kappa shape index (κ2) is 6.90. The van der Waals surface area contributed by atoms with Crippen LogP contribution in [0, 0.1) is 17.8 Å². The summed E-state index contributed by atoms with van der Waals surface area (Å²) >= 11 is 0. The average Bonchev–Trinajstić information content (AvgIpc) is 2.64. The van der Waals surface area contributed by atoms with Gasteiger partial charge in [-0.3, -0.25) is 0 Å². The van der Waals surface area contributed by atoms with E-state index in [1.54, 1.807) is 0 Å². The van der Waals surface area contributed by atoms with Crippen molar-refractivity contribution in [2.45, 2.75) is 53.0 Å². The largest absolute Gasteiger partial charge is 0.314 e. The maximum atomic E-state index is 11.6. The van der Waals surface area contributed by atoms with E-state index in [0.29, 0.717) is 35.3 Å². The van der Waals surface area contributed by atoms with Gasteiger partial charge in [0.2, 0.25) is 0 Å². The van der Waals surface area contributed by atoms with Gasteiger partial charge in [0.05, 0.1) is 11.5 Å². The molecular formula is C14H29NO2S. The zero-order chi connectivity index (χ0) is 13.8. The van der Waals surface area contributed by atoms with E-state index in [-0.39, 0.29) is 0 Å². The highest BCUT2D eigenvalue weighted by molar-refractivity contribution is 7.91. The molecule has 1 aliphatic heterocycles. The fraction of sp³-hybridized carbons (Fsp3) is 1.00. The first-order chi connectivity index (χ1) is 8.34. The van der Waals surface area contributed by atoms with E-state index >= 15 is 0 Å². The smallest absolute Gasteiger partial charge is 0.150 e. The van der Waals surface area contributed by atoms with Gasteiger partial charge in [-0.15, -0.1) is 0 Å². The molecule has 0 radical (unpaired) electrons. The third-order valence-electron chi connectivity index (χ3n) is 4.12. The molecule has 0 aromatic rings. The summed E-state index contributed by atoms with van der Waals surface area (Å²) in [4.78, 5) is 0. The molecule has 1 saturated heterocycles. The average molecular weight is 275 g/mol. The fourth-order valence-electron chi connectivity index (χ4n) is 2.71. The SMILES string of the molecule is CCC(C)CC(CNC(C)C)C1CCS(=O)(=O)C1. The molecule has 1 N–H and O–H groups in total. The zero-order valence-corrected chi connectivity index (χ0v) is 13.1. The number of hydrogen-bond acceptors (Lipinski definition) is 3. The third-order valence-corrected chi connectivity index (χ3v) is 5.92. The van der Waals surface area contributed by atoms with Crippen LogP contribution in [0.2, 0.25) is 0 Å². The van der Waals surface area contributed by atoms with Crippen molar-refractivity contribution in [3.8, 4) is 0 Å². The number of nitrogens with one attached hydrogen (secondary N) is 1. The van der Waals surface area contributed by atoms with Crippen molar-refractivity contribution >= 4 is 9.84 Å². The van der Waals surface area contributed by atoms with E-state index in [9.17, 15) is 8.42 Å². The minimum Gasteiger partial charge on any atom is -0.314 e. The lowest BCUT2D eigenvalue weighted by Gasteiger charge is -2.26. The van der Waals surface area contributed by atoms with E-state index < -0.39 is 9.84 Å². The first-order valence-electron chi connectivity index (χ1n) is 7.27. The minimum absolute atomic E-state index is 0.371. The highest BCUT2D eigenvalue weighted by Crippen LogP contribution is 2.30. The second-order valence-electron chi connectivity index (χ2n) is 6.24. The van der Waals surface area contributed by atoms with E-state index in [1.165, 1.54) is 6.42 Å². The summed E-state index contributed by atoms with van der Waals surface area (Å²) in [6, 6.07) is 0.474.